The van der Waals surface area contributed by atoms with Crippen LogP contribution in [0.15, 0.2) is 42.5 Å². The molecule has 0 aromatic heterocycles. The molecule has 6 heteroatoms. The smallest absolute Gasteiger partial charge is 0.337 e. The zero-order valence-corrected chi connectivity index (χ0v) is 13.3. The van der Waals surface area contributed by atoms with Gasteiger partial charge in [0.25, 0.3) is 0 Å². The molecule has 0 aliphatic carbocycles. The fourth-order valence-corrected chi connectivity index (χ4v) is 2.24. The van der Waals surface area contributed by atoms with E-state index in [2.05, 4.69) is 5.32 Å². The lowest BCUT2D eigenvalue weighted by molar-refractivity contribution is -0.116. The predicted octanol–water partition coefficient (Wildman–Crippen LogP) is 3.62. The summed E-state index contributed by atoms with van der Waals surface area (Å²) in [5.41, 5.74) is 1.20. The lowest BCUT2D eigenvalue weighted by Gasteiger charge is -2.09. The standard InChI is InChI=1S/C17H16ClNO4/c1-23-13-6-2-11(3-7-13)4-9-16(20)19-15-8-5-12(18)10-14(15)17(21)22/h2-3,5-8,10H,4,9H2,1H3,(H,19,20)(H,21,22). The lowest BCUT2D eigenvalue weighted by atomic mass is 10.1. The Morgan fingerprint density at radius 2 is 1.87 bits per heavy atom. The molecule has 0 saturated heterocycles. The molecular weight excluding hydrogens is 318 g/mol. The van der Waals surface area contributed by atoms with Crippen molar-refractivity contribution in [2.75, 3.05) is 12.4 Å². The van der Waals surface area contributed by atoms with Gasteiger partial charge in [0.05, 0.1) is 18.4 Å². The van der Waals surface area contributed by atoms with Crippen LogP contribution in [0.4, 0.5) is 5.69 Å². The normalized spacial score (nSPS) is 10.2. The van der Waals surface area contributed by atoms with Crippen molar-refractivity contribution in [2.24, 2.45) is 0 Å². The zero-order valence-electron chi connectivity index (χ0n) is 12.5. The Bertz CT molecular complexity index is 713. The van der Waals surface area contributed by atoms with E-state index >= 15 is 0 Å². The highest BCUT2D eigenvalue weighted by Gasteiger charge is 2.13. The molecule has 0 saturated carbocycles. The third-order valence-electron chi connectivity index (χ3n) is 3.29. The first kappa shape index (κ1) is 16.8. The van der Waals surface area contributed by atoms with Gasteiger partial charge < -0.3 is 15.2 Å². The van der Waals surface area contributed by atoms with Crippen molar-refractivity contribution in [3.63, 3.8) is 0 Å². The number of anilines is 1. The van der Waals surface area contributed by atoms with E-state index in [1.165, 1.54) is 18.2 Å². The second kappa shape index (κ2) is 7.65. The highest BCUT2D eigenvalue weighted by Crippen LogP contribution is 2.21. The van der Waals surface area contributed by atoms with E-state index in [1.807, 2.05) is 24.3 Å². The third kappa shape index (κ3) is 4.72. The number of aryl methyl sites for hydroxylation is 1. The van der Waals surface area contributed by atoms with Crippen LogP contribution in [0.25, 0.3) is 0 Å². The number of benzene rings is 2. The fraction of sp³-hybridized carbons (Fsp3) is 0.176. The van der Waals surface area contributed by atoms with Crippen molar-refractivity contribution < 1.29 is 19.4 Å². The van der Waals surface area contributed by atoms with Crippen molar-refractivity contribution in [1.82, 2.24) is 0 Å². The number of halogens is 1. The van der Waals surface area contributed by atoms with E-state index < -0.39 is 5.97 Å². The molecule has 2 rings (SSSR count). The lowest BCUT2D eigenvalue weighted by Crippen LogP contribution is -2.15. The molecular formula is C17H16ClNO4. The molecule has 1 amide bonds. The van der Waals surface area contributed by atoms with Gasteiger partial charge in [0.15, 0.2) is 0 Å². The highest BCUT2D eigenvalue weighted by atomic mass is 35.5. The van der Waals surface area contributed by atoms with Crippen LogP contribution in [0.2, 0.25) is 5.02 Å². The highest BCUT2D eigenvalue weighted by molar-refractivity contribution is 6.31. The van der Waals surface area contributed by atoms with Crippen molar-refractivity contribution in [2.45, 2.75) is 12.8 Å². The zero-order chi connectivity index (χ0) is 16.8. The molecule has 0 bridgehead atoms. The van der Waals surface area contributed by atoms with Gasteiger partial charge in [-0.05, 0) is 42.3 Å². The number of rotatable bonds is 6. The van der Waals surface area contributed by atoms with Crippen molar-refractivity contribution in [3.8, 4) is 5.75 Å². The summed E-state index contributed by atoms with van der Waals surface area (Å²) >= 11 is 5.78. The summed E-state index contributed by atoms with van der Waals surface area (Å²) in [6.07, 6.45) is 0.792. The van der Waals surface area contributed by atoms with Gasteiger partial charge in [0.2, 0.25) is 5.91 Å². The van der Waals surface area contributed by atoms with Gasteiger partial charge in [-0.2, -0.15) is 0 Å². The SMILES string of the molecule is COc1ccc(CCC(=O)Nc2ccc(Cl)cc2C(=O)O)cc1. The maximum atomic E-state index is 12.0. The third-order valence-corrected chi connectivity index (χ3v) is 3.52. The van der Waals surface area contributed by atoms with Crippen LogP contribution in [0.3, 0.4) is 0 Å². The van der Waals surface area contributed by atoms with Crippen molar-refractivity contribution in [1.29, 1.82) is 0 Å². The fourth-order valence-electron chi connectivity index (χ4n) is 2.07. The molecule has 5 nitrogen and oxygen atoms in total. The molecule has 0 radical (unpaired) electrons. The number of aromatic carboxylic acids is 1. The number of methoxy groups -OCH3 is 1. The van der Waals surface area contributed by atoms with Crippen LogP contribution in [0.5, 0.6) is 5.75 Å². The minimum absolute atomic E-state index is 0.0321. The van der Waals surface area contributed by atoms with E-state index in [9.17, 15) is 9.59 Å². The van der Waals surface area contributed by atoms with E-state index in [1.54, 1.807) is 7.11 Å². The number of ether oxygens (including phenoxy) is 1. The molecule has 0 spiro atoms. The molecule has 0 unspecified atom stereocenters. The second-order valence-corrected chi connectivity index (χ2v) is 5.33. The van der Waals surface area contributed by atoms with Crippen molar-refractivity contribution in [3.05, 3.63) is 58.6 Å². The molecule has 2 aromatic carbocycles. The van der Waals surface area contributed by atoms with Crippen LogP contribution in [0, 0.1) is 0 Å². The molecule has 0 heterocycles. The minimum atomic E-state index is -1.14. The first-order valence-electron chi connectivity index (χ1n) is 6.95. The molecule has 120 valence electrons. The number of carbonyl (C=O) groups excluding carboxylic acids is 1. The monoisotopic (exact) mass is 333 g/mol. The Balaban J connectivity index is 1.98. The summed E-state index contributed by atoms with van der Waals surface area (Å²) in [7, 11) is 1.59. The molecule has 2 N–H and O–H groups in total. The maximum Gasteiger partial charge on any atom is 0.337 e. The molecule has 23 heavy (non-hydrogen) atoms. The Morgan fingerprint density at radius 3 is 2.48 bits per heavy atom. The summed E-state index contributed by atoms with van der Waals surface area (Å²) in [6.45, 7) is 0. The van der Waals surface area contributed by atoms with Crippen LogP contribution >= 0.6 is 11.6 Å². The van der Waals surface area contributed by atoms with Gasteiger partial charge in [-0.1, -0.05) is 23.7 Å². The number of nitrogens with one attached hydrogen (secondary N) is 1. The predicted molar refractivity (Wildman–Crippen MR) is 88.4 cm³/mol. The summed E-state index contributed by atoms with van der Waals surface area (Å²) in [5, 5.41) is 12.1. The van der Waals surface area contributed by atoms with Gasteiger partial charge in [-0.3, -0.25) is 4.79 Å². The molecule has 0 fully saturated rings. The Labute approximate surface area is 138 Å². The minimum Gasteiger partial charge on any atom is -0.497 e. The summed E-state index contributed by atoms with van der Waals surface area (Å²) in [4.78, 5) is 23.2. The first-order valence-corrected chi connectivity index (χ1v) is 7.33. The average Bonchev–Trinajstić information content (AvgIpc) is 2.55. The Kier molecular flexibility index (Phi) is 5.60. The average molecular weight is 334 g/mol. The Hall–Kier alpha value is -2.53. The van der Waals surface area contributed by atoms with E-state index in [0.717, 1.165) is 11.3 Å². The van der Waals surface area contributed by atoms with E-state index in [-0.39, 0.29) is 23.6 Å². The van der Waals surface area contributed by atoms with Crippen LogP contribution in [-0.4, -0.2) is 24.1 Å². The number of hydrogen-bond donors (Lipinski definition) is 2. The van der Waals surface area contributed by atoms with Gasteiger partial charge in [-0.15, -0.1) is 0 Å². The molecule has 0 aliphatic heterocycles. The summed E-state index contributed by atoms with van der Waals surface area (Å²) < 4.78 is 5.07. The molecule has 2 aromatic rings. The second-order valence-electron chi connectivity index (χ2n) is 4.89. The summed E-state index contributed by atoms with van der Waals surface area (Å²) in [6, 6.07) is 11.8. The van der Waals surface area contributed by atoms with Crippen molar-refractivity contribution >= 4 is 29.2 Å². The largest absolute Gasteiger partial charge is 0.497 e. The number of carboxylic acids is 1. The number of hydrogen-bond acceptors (Lipinski definition) is 3. The summed E-state index contributed by atoms with van der Waals surface area (Å²) in [5.74, 6) is -0.644. The van der Waals surface area contributed by atoms with Crippen LogP contribution in [0.1, 0.15) is 22.3 Å². The van der Waals surface area contributed by atoms with Gasteiger partial charge in [0, 0.05) is 11.4 Å². The number of carbonyl (C=O) groups is 2. The molecule has 0 atom stereocenters. The van der Waals surface area contributed by atoms with E-state index in [0.29, 0.717) is 11.4 Å². The first-order chi connectivity index (χ1) is 11.0. The number of amides is 1. The topological polar surface area (TPSA) is 75.6 Å². The van der Waals surface area contributed by atoms with Gasteiger partial charge in [-0.25, -0.2) is 4.79 Å². The molecule has 0 aliphatic rings. The quantitative estimate of drug-likeness (QED) is 0.846. The van der Waals surface area contributed by atoms with Gasteiger partial charge in [0.1, 0.15) is 5.75 Å². The maximum absolute atomic E-state index is 12.0. The number of carboxylic acid groups (broad SMARTS) is 1. The van der Waals surface area contributed by atoms with Crippen LogP contribution in [-0.2, 0) is 11.2 Å². The van der Waals surface area contributed by atoms with Crippen LogP contribution < -0.4 is 10.1 Å². The Morgan fingerprint density at radius 1 is 1.17 bits per heavy atom. The van der Waals surface area contributed by atoms with Gasteiger partial charge >= 0.3 is 5.97 Å². The van der Waals surface area contributed by atoms with E-state index in [4.69, 9.17) is 21.4 Å².